The Labute approximate surface area is 230 Å². The van der Waals surface area contributed by atoms with E-state index < -0.39 is 21.9 Å². The van der Waals surface area contributed by atoms with Crippen LogP contribution in [0.1, 0.15) is 64.1 Å². The lowest BCUT2D eigenvalue weighted by Gasteiger charge is -2.29. The minimum absolute atomic E-state index is 0.156. The van der Waals surface area contributed by atoms with Gasteiger partial charge in [0.15, 0.2) is 9.84 Å². The molecule has 11 nitrogen and oxygen atoms in total. The first-order valence-corrected chi connectivity index (χ1v) is 15.1. The van der Waals surface area contributed by atoms with Gasteiger partial charge in [-0.05, 0) is 44.7 Å². The number of rotatable bonds is 6. The smallest absolute Gasteiger partial charge is 0.243 e. The van der Waals surface area contributed by atoms with Crippen LogP contribution in [0.15, 0.2) is 35.2 Å². The summed E-state index contributed by atoms with van der Waals surface area (Å²) in [5.74, 6) is 0.309. The first-order valence-electron chi connectivity index (χ1n) is 13.4. The third kappa shape index (κ3) is 8.11. The van der Waals surface area contributed by atoms with Gasteiger partial charge in [0.2, 0.25) is 17.7 Å². The Balaban J connectivity index is 1.85. The molecule has 1 aliphatic heterocycles. The summed E-state index contributed by atoms with van der Waals surface area (Å²) in [6.45, 7) is 8.42. The second kappa shape index (κ2) is 13.2. The van der Waals surface area contributed by atoms with Crippen molar-refractivity contribution < 1.29 is 22.8 Å². The van der Waals surface area contributed by atoms with E-state index in [0.29, 0.717) is 31.0 Å². The molecule has 12 heteroatoms. The Morgan fingerprint density at radius 1 is 1.13 bits per heavy atom. The molecule has 0 saturated carbocycles. The highest BCUT2D eigenvalue weighted by atomic mass is 32.2. The molecular formula is C27H40N6O5S. The number of amides is 3. The molecule has 39 heavy (non-hydrogen) atoms. The van der Waals surface area contributed by atoms with Crippen molar-refractivity contribution in [2.24, 2.45) is 5.92 Å². The molecule has 2 atom stereocenters. The van der Waals surface area contributed by atoms with Crippen LogP contribution >= 0.6 is 0 Å². The second-order valence-electron chi connectivity index (χ2n) is 10.5. The van der Waals surface area contributed by atoms with Crippen molar-refractivity contribution in [3.05, 3.63) is 42.0 Å². The summed E-state index contributed by atoms with van der Waals surface area (Å²) in [4.78, 5) is 47.0. The van der Waals surface area contributed by atoms with Crippen LogP contribution in [0.5, 0.6) is 0 Å². The SMILES string of the molecule is Cc1nc2n(n1)CCN(C(=O)CCS(=O)(=O)c1ccccc1)CCCC(=O)N(C)[C@@H](C)C(=O)N[C@@H]2CC(C)C. The van der Waals surface area contributed by atoms with Crippen molar-refractivity contribution in [3.63, 3.8) is 0 Å². The third-order valence-corrected chi connectivity index (χ3v) is 8.67. The molecule has 2 heterocycles. The van der Waals surface area contributed by atoms with Gasteiger partial charge in [0.1, 0.15) is 17.7 Å². The van der Waals surface area contributed by atoms with Crippen LogP contribution in [0.2, 0.25) is 0 Å². The average Bonchev–Trinajstić information content (AvgIpc) is 3.27. The minimum Gasteiger partial charge on any atom is -0.344 e. The van der Waals surface area contributed by atoms with Gasteiger partial charge < -0.3 is 15.1 Å². The van der Waals surface area contributed by atoms with E-state index in [0.717, 1.165) is 0 Å². The van der Waals surface area contributed by atoms with Gasteiger partial charge >= 0.3 is 0 Å². The van der Waals surface area contributed by atoms with Crippen molar-refractivity contribution in [1.29, 1.82) is 0 Å². The topological polar surface area (TPSA) is 135 Å². The number of hydrogen-bond acceptors (Lipinski definition) is 7. The zero-order valence-electron chi connectivity index (χ0n) is 23.5. The molecule has 3 rings (SSSR count). The van der Waals surface area contributed by atoms with Crippen molar-refractivity contribution in [2.45, 2.75) is 76.9 Å². The molecule has 3 amide bonds. The maximum Gasteiger partial charge on any atom is 0.243 e. The standard InChI is InChI=1S/C27H40N6O5S/c1-19(2)18-23-26-28-21(4)30-33(26)16-15-32(14-9-12-24(34)31(5)20(3)27(36)29-23)25(35)13-17-39(37,38)22-10-7-6-8-11-22/h6-8,10-11,19-20,23H,9,12-18H2,1-5H3,(H,29,36)/t20-,23+/m0/s1. The summed E-state index contributed by atoms with van der Waals surface area (Å²) in [6.07, 6.45) is 0.989. The Bertz CT molecular complexity index is 1260. The summed E-state index contributed by atoms with van der Waals surface area (Å²) < 4.78 is 27.2. The summed E-state index contributed by atoms with van der Waals surface area (Å²) in [5.41, 5.74) is 0. The van der Waals surface area contributed by atoms with Crippen molar-refractivity contribution in [1.82, 2.24) is 29.9 Å². The van der Waals surface area contributed by atoms with Crippen LogP contribution in [0.4, 0.5) is 0 Å². The molecule has 2 aromatic rings. The van der Waals surface area contributed by atoms with E-state index in [1.807, 2.05) is 13.8 Å². The van der Waals surface area contributed by atoms with Crippen LogP contribution < -0.4 is 5.32 Å². The third-order valence-electron chi connectivity index (χ3n) is 6.94. The molecule has 0 fully saturated rings. The van der Waals surface area contributed by atoms with Gasteiger partial charge in [-0.3, -0.25) is 14.4 Å². The van der Waals surface area contributed by atoms with Crippen LogP contribution in [0.25, 0.3) is 0 Å². The van der Waals surface area contributed by atoms with Crippen LogP contribution in [0, 0.1) is 12.8 Å². The first kappa shape index (κ1) is 30.3. The summed E-state index contributed by atoms with van der Waals surface area (Å²) in [7, 11) is -2.01. The van der Waals surface area contributed by atoms with Gasteiger partial charge in [-0.2, -0.15) is 5.10 Å². The van der Waals surface area contributed by atoms with Crippen LogP contribution in [-0.2, 0) is 30.8 Å². The van der Waals surface area contributed by atoms with E-state index in [9.17, 15) is 22.8 Å². The highest BCUT2D eigenvalue weighted by Crippen LogP contribution is 2.21. The number of aryl methyl sites for hydroxylation is 1. The minimum atomic E-state index is -3.61. The lowest BCUT2D eigenvalue weighted by molar-refractivity contribution is -0.139. The predicted molar refractivity (Wildman–Crippen MR) is 146 cm³/mol. The number of hydrogen-bond donors (Lipinski definition) is 1. The Kier molecular flexibility index (Phi) is 10.2. The zero-order chi connectivity index (χ0) is 28.7. The number of sulfone groups is 1. The summed E-state index contributed by atoms with van der Waals surface area (Å²) >= 11 is 0. The maximum absolute atomic E-state index is 13.2. The average molecular weight is 561 g/mol. The van der Waals surface area contributed by atoms with Crippen LogP contribution in [0.3, 0.4) is 0 Å². The Morgan fingerprint density at radius 3 is 2.49 bits per heavy atom. The van der Waals surface area contributed by atoms with E-state index >= 15 is 0 Å². The quantitative estimate of drug-likeness (QED) is 0.572. The number of nitrogens with zero attached hydrogens (tertiary/aromatic N) is 5. The predicted octanol–water partition coefficient (Wildman–Crippen LogP) is 2.12. The molecule has 214 valence electrons. The number of nitrogens with one attached hydrogen (secondary N) is 1. The molecule has 1 aromatic carbocycles. The fourth-order valence-corrected chi connectivity index (χ4v) is 5.83. The fraction of sp³-hybridized carbons (Fsp3) is 0.593. The zero-order valence-corrected chi connectivity index (χ0v) is 24.3. The van der Waals surface area contributed by atoms with E-state index in [-0.39, 0.29) is 60.2 Å². The molecule has 0 aliphatic carbocycles. The van der Waals surface area contributed by atoms with E-state index in [1.165, 1.54) is 17.0 Å². The molecular weight excluding hydrogens is 520 g/mol. The van der Waals surface area contributed by atoms with Gasteiger partial charge in [0.05, 0.1) is 23.2 Å². The Hall–Kier alpha value is -3.28. The molecule has 0 bridgehead atoms. The van der Waals surface area contributed by atoms with E-state index in [4.69, 9.17) is 0 Å². The maximum atomic E-state index is 13.2. The molecule has 0 saturated heterocycles. The normalized spacial score (nSPS) is 19.9. The fourth-order valence-electron chi connectivity index (χ4n) is 4.58. The Morgan fingerprint density at radius 2 is 1.82 bits per heavy atom. The largest absolute Gasteiger partial charge is 0.344 e. The van der Waals surface area contributed by atoms with Crippen LogP contribution in [-0.4, -0.2) is 82.6 Å². The van der Waals surface area contributed by atoms with Gasteiger partial charge in [-0.25, -0.2) is 18.1 Å². The highest BCUT2D eigenvalue weighted by molar-refractivity contribution is 7.91. The number of aromatic nitrogens is 3. The molecule has 1 aliphatic rings. The number of benzene rings is 1. The van der Waals surface area contributed by atoms with Crippen molar-refractivity contribution >= 4 is 27.6 Å². The van der Waals surface area contributed by atoms with Crippen molar-refractivity contribution in [3.8, 4) is 0 Å². The molecule has 0 spiro atoms. The first-order chi connectivity index (χ1) is 18.4. The lowest BCUT2D eigenvalue weighted by Crippen LogP contribution is -2.47. The molecule has 0 unspecified atom stereocenters. The van der Waals surface area contributed by atoms with Gasteiger partial charge in [0.25, 0.3) is 0 Å². The van der Waals surface area contributed by atoms with Gasteiger partial charge in [-0.15, -0.1) is 0 Å². The second-order valence-corrected chi connectivity index (χ2v) is 12.6. The number of fused-ring (bicyclic) bond motifs is 1. The molecule has 0 radical (unpaired) electrons. The highest BCUT2D eigenvalue weighted by Gasteiger charge is 2.29. The lowest BCUT2D eigenvalue weighted by atomic mass is 10.0. The number of carbonyl (C=O) groups is 3. The van der Waals surface area contributed by atoms with Gasteiger partial charge in [0, 0.05) is 33.0 Å². The molecule has 1 N–H and O–H groups in total. The van der Waals surface area contributed by atoms with E-state index in [1.54, 1.807) is 48.7 Å². The molecule has 1 aromatic heterocycles. The monoisotopic (exact) mass is 560 g/mol. The summed E-state index contributed by atoms with van der Waals surface area (Å²) in [5, 5.41) is 7.58. The van der Waals surface area contributed by atoms with Crippen molar-refractivity contribution in [2.75, 3.05) is 25.9 Å². The summed E-state index contributed by atoms with van der Waals surface area (Å²) in [6, 6.07) is 6.97. The van der Waals surface area contributed by atoms with E-state index in [2.05, 4.69) is 15.4 Å². The van der Waals surface area contributed by atoms with Gasteiger partial charge in [-0.1, -0.05) is 32.0 Å². The number of carbonyl (C=O) groups excluding carboxylic acids is 3. The number of likely N-dealkylation sites (N-methyl/N-ethyl adjacent to an activating group) is 1.